The number of aryl methyl sites for hydroxylation is 1. The Morgan fingerprint density at radius 3 is 1.48 bits per heavy atom. The van der Waals surface area contributed by atoms with Crippen molar-refractivity contribution in [3.8, 4) is 33.4 Å². The Balaban J connectivity index is 0.000000109. The molecule has 0 unspecified atom stereocenters. The van der Waals surface area contributed by atoms with Gasteiger partial charge in [-0.15, -0.1) is 34.0 Å². The van der Waals surface area contributed by atoms with E-state index in [1.54, 1.807) is 0 Å². The van der Waals surface area contributed by atoms with Crippen LogP contribution in [0.3, 0.4) is 0 Å². The average Bonchev–Trinajstić information content (AvgIpc) is 4.04. The van der Waals surface area contributed by atoms with Crippen LogP contribution >= 0.6 is 68.8 Å². The molecular weight excluding hydrogens is 911 g/mol. The molecule has 0 aliphatic heterocycles. The molecular formula is C59H37Cl3S3. The molecule has 0 fully saturated rings. The highest BCUT2D eigenvalue weighted by Gasteiger charge is 2.13. The van der Waals surface area contributed by atoms with Crippen molar-refractivity contribution in [3.05, 3.63) is 227 Å². The van der Waals surface area contributed by atoms with Gasteiger partial charge in [-0.05, 0) is 123 Å². The summed E-state index contributed by atoms with van der Waals surface area (Å²) in [4.78, 5) is 0. The van der Waals surface area contributed by atoms with E-state index in [4.69, 9.17) is 34.8 Å². The molecule has 3 aromatic heterocycles. The molecule has 0 aliphatic rings. The fourth-order valence-corrected chi connectivity index (χ4v) is 12.9. The SMILES string of the molecule is Cc1cc(-c2cccc3c2sc2ccccc23)ccc1Cl.Clc1ccc2ccc(-c3cccc4sc5ccccc5c34)cc2c1.Clc1cccc(-c2cccc3c2sc2ccccc23)c1. The Bertz CT molecular complexity index is 3910. The fraction of sp³-hybridized carbons (Fsp3) is 0.0169. The van der Waals surface area contributed by atoms with Crippen LogP contribution in [-0.2, 0) is 0 Å². The monoisotopic (exact) mass is 946 g/mol. The molecule has 65 heavy (non-hydrogen) atoms. The standard InChI is InChI=1S/C22H13ClS.C19H13ClS.C18H11ClS/c23-17-11-10-14-8-9-15(12-16(14)13-17)18-5-3-7-21-22(18)19-4-1-2-6-20(19)24-21;1-12-11-13(9-10-17(12)20)14-6-4-7-16-15-5-2-3-8-18(15)21-19(14)16;19-13-6-3-5-12(11-13)14-8-4-9-16-15-7-1-2-10-17(15)20-18(14)16/h1-13H;2-11H,1H3;1-11H. The van der Waals surface area contributed by atoms with E-state index in [0.717, 1.165) is 20.6 Å². The molecule has 312 valence electrons. The molecule has 0 saturated carbocycles. The molecule has 0 saturated heterocycles. The minimum atomic E-state index is 0.777. The summed E-state index contributed by atoms with van der Waals surface area (Å²) in [6, 6.07) is 72.4. The molecule has 10 aromatic carbocycles. The largest absolute Gasteiger partial charge is 0.135 e. The van der Waals surface area contributed by atoms with Crippen molar-refractivity contribution in [2.75, 3.05) is 0 Å². The minimum absolute atomic E-state index is 0.777. The third kappa shape index (κ3) is 8.08. The van der Waals surface area contributed by atoms with Crippen LogP contribution in [0.1, 0.15) is 5.56 Å². The highest BCUT2D eigenvalue weighted by Crippen LogP contribution is 2.43. The summed E-state index contributed by atoms with van der Waals surface area (Å²) >= 11 is 24.0. The Labute approximate surface area is 404 Å². The first kappa shape index (κ1) is 41.7. The van der Waals surface area contributed by atoms with Crippen LogP contribution < -0.4 is 0 Å². The molecule has 0 aliphatic carbocycles. The van der Waals surface area contributed by atoms with Gasteiger partial charge in [-0.25, -0.2) is 0 Å². The van der Waals surface area contributed by atoms with Gasteiger partial charge >= 0.3 is 0 Å². The molecule has 0 spiro atoms. The molecule has 0 nitrogen and oxygen atoms in total. The van der Waals surface area contributed by atoms with E-state index in [2.05, 4.69) is 177 Å². The lowest BCUT2D eigenvalue weighted by atomic mass is 9.97. The zero-order valence-corrected chi connectivity index (χ0v) is 39.7. The molecule has 13 aromatic rings. The molecule has 0 bridgehead atoms. The van der Waals surface area contributed by atoms with Gasteiger partial charge in [0.2, 0.25) is 0 Å². The van der Waals surface area contributed by atoms with Crippen LogP contribution in [0, 0.1) is 6.92 Å². The third-order valence-electron chi connectivity index (χ3n) is 11.9. The Morgan fingerprint density at radius 2 is 0.815 bits per heavy atom. The summed E-state index contributed by atoms with van der Waals surface area (Å²) in [5.74, 6) is 0. The van der Waals surface area contributed by atoms with E-state index >= 15 is 0 Å². The van der Waals surface area contributed by atoms with E-state index in [9.17, 15) is 0 Å². The van der Waals surface area contributed by atoms with Gasteiger partial charge < -0.3 is 0 Å². The first-order chi connectivity index (χ1) is 31.9. The summed E-state index contributed by atoms with van der Waals surface area (Å²) in [7, 11) is 0. The number of thiophene rings is 3. The van der Waals surface area contributed by atoms with Crippen molar-refractivity contribution >= 4 is 140 Å². The lowest BCUT2D eigenvalue weighted by Gasteiger charge is -2.07. The summed E-state index contributed by atoms with van der Waals surface area (Å²) in [6.07, 6.45) is 0. The topological polar surface area (TPSA) is 0 Å². The second-order valence-corrected chi connectivity index (χ2v) is 20.5. The zero-order chi connectivity index (χ0) is 44.0. The second kappa shape index (κ2) is 17.8. The molecule has 0 radical (unpaired) electrons. The normalized spacial score (nSPS) is 11.4. The van der Waals surface area contributed by atoms with Gasteiger partial charge in [0.25, 0.3) is 0 Å². The Morgan fingerprint density at radius 1 is 0.323 bits per heavy atom. The predicted octanol–water partition coefficient (Wildman–Crippen LogP) is 20.6. The maximum absolute atomic E-state index is 6.17. The van der Waals surface area contributed by atoms with E-state index < -0.39 is 0 Å². The highest BCUT2D eigenvalue weighted by atomic mass is 35.5. The average molecular weight is 949 g/mol. The zero-order valence-electron chi connectivity index (χ0n) is 35.0. The molecule has 13 rings (SSSR count). The van der Waals surface area contributed by atoms with Crippen LogP contribution in [0.15, 0.2) is 206 Å². The van der Waals surface area contributed by atoms with Crippen molar-refractivity contribution < 1.29 is 0 Å². The smallest absolute Gasteiger partial charge is 0.0435 e. The predicted molar refractivity (Wildman–Crippen MR) is 292 cm³/mol. The number of rotatable bonds is 3. The molecule has 0 N–H and O–H groups in total. The van der Waals surface area contributed by atoms with E-state index in [-0.39, 0.29) is 0 Å². The summed E-state index contributed by atoms with van der Waals surface area (Å²) < 4.78 is 8.02. The van der Waals surface area contributed by atoms with Gasteiger partial charge in [-0.2, -0.15) is 0 Å². The van der Waals surface area contributed by atoms with E-state index in [1.807, 2.05) is 70.4 Å². The Kier molecular flexibility index (Phi) is 11.4. The van der Waals surface area contributed by atoms with Gasteiger partial charge in [0.15, 0.2) is 0 Å². The lowest BCUT2D eigenvalue weighted by Crippen LogP contribution is -1.81. The number of benzene rings is 10. The minimum Gasteiger partial charge on any atom is -0.135 e. The summed E-state index contributed by atoms with van der Waals surface area (Å²) in [6.45, 7) is 2.05. The van der Waals surface area contributed by atoms with E-state index in [1.165, 1.54) is 105 Å². The van der Waals surface area contributed by atoms with Crippen LogP contribution in [0.5, 0.6) is 0 Å². The van der Waals surface area contributed by atoms with Crippen LogP contribution in [0.4, 0.5) is 0 Å². The lowest BCUT2D eigenvalue weighted by molar-refractivity contribution is 1.47. The van der Waals surface area contributed by atoms with E-state index in [0.29, 0.717) is 0 Å². The number of fused-ring (bicyclic) bond motifs is 10. The fourth-order valence-electron chi connectivity index (χ4n) is 8.82. The van der Waals surface area contributed by atoms with Crippen LogP contribution in [-0.4, -0.2) is 0 Å². The molecule has 0 atom stereocenters. The molecule has 6 heteroatoms. The summed E-state index contributed by atoms with van der Waals surface area (Å²) in [5, 5.41) is 12.8. The van der Waals surface area contributed by atoms with Crippen molar-refractivity contribution in [1.29, 1.82) is 0 Å². The maximum Gasteiger partial charge on any atom is 0.0435 e. The van der Waals surface area contributed by atoms with Crippen molar-refractivity contribution in [2.45, 2.75) is 6.92 Å². The van der Waals surface area contributed by atoms with Gasteiger partial charge in [0.1, 0.15) is 0 Å². The van der Waals surface area contributed by atoms with Gasteiger partial charge in [0.05, 0.1) is 0 Å². The van der Waals surface area contributed by atoms with Crippen LogP contribution in [0.2, 0.25) is 15.1 Å². The first-order valence-corrected chi connectivity index (χ1v) is 24.9. The van der Waals surface area contributed by atoms with Gasteiger partial charge in [-0.3, -0.25) is 0 Å². The maximum atomic E-state index is 6.17. The number of hydrogen-bond acceptors (Lipinski definition) is 3. The van der Waals surface area contributed by atoms with Crippen molar-refractivity contribution in [1.82, 2.24) is 0 Å². The first-order valence-electron chi connectivity index (χ1n) is 21.3. The Hall–Kier alpha value is -6.01. The highest BCUT2D eigenvalue weighted by molar-refractivity contribution is 7.27. The quantitative estimate of drug-likeness (QED) is 0.166. The van der Waals surface area contributed by atoms with Crippen molar-refractivity contribution in [3.63, 3.8) is 0 Å². The molecule has 3 heterocycles. The number of halogens is 3. The second-order valence-electron chi connectivity index (χ2n) is 16.0. The van der Waals surface area contributed by atoms with Gasteiger partial charge in [0, 0.05) is 75.6 Å². The van der Waals surface area contributed by atoms with Gasteiger partial charge in [-0.1, -0.05) is 174 Å². The summed E-state index contributed by atoms with van der Waals surface area (Å²) in [5.41, 5.74) is 8.58. The molecule has 0 amide bonds. The van der Waals surface area contributed by atoms with Crippen LogP contribution in [0.25, 0.3) is 105 Å². The third-order valence-corrected chi connectivity index (χ3v) is 16.4. The number of hydrogen-bond donors (Lipinski definition) is 0. The van der Waals surface area contributed by atoms with Crippen molar-refractivity contribution in [2.24, 2.45) is 0 Å².